The Balaban J connectivity index is 1.77. The van der Waals surface area contributed by atoms with Crippen LogP contribution in [0.15, 0.2) is 5.38 Å². The zero-order valence-corrected chi connectivity index (χ0v) is 12.6. The molecule has 4 heteroatoms. The van der Waals surface area contributed by atoms with E-state index in [1.54, 1.807) is 11.3 Å². The molecule has 1 N–H and O–H groups in total. The number of thiazole rings is 1. The van der Waals surface area contributed by atoms with Crippen LogP contribution in [0.4, 0.5) is 0 Å². The number of hydrogen-bond acceptors (Lipinski definition) is 4. The van der Waals surface area contributed by atoms with Gasteiger partial charge in [-0.05, 0) is 24.5 Å². The second-order valence-electron chi connectivity index (χ2n) is 5.45. The monoisotopic (exact) mass is 270 g/mol. The molecule has 0 saturated carbocycles. The van der Waals surface area contributed by atoms with E-state index in [1.807, 2.05) is 0 Å². The van der Waals surface area contributed by atoms with Crippen molar-refractivity contribution in [3.8, 4) is 0 Å². The molecule has 1 atom stereocenters. The minimum absolute atomic E-state index is 0.448. The first-order valence-corrected chi connectivity index (χ1v) is 8.33. The average Bonchev–Trinajstić information content (AvgIpc) is 2.67. The first-order chi connectivity index (χ1) is 8.08. The second kappa shape index (κ2) is 5.72. The molecule has 2 heterocycles. The second-order valence-corrected chi connectivity index (χ2v) is 7.55. The third-order valence-corrected chi connectivity index (χ3v) is 5.60. The molecule has 2 rings (SSSR count). The van der Waals surface area contributed by atoms with Crippen LogP contribution in [-0.4, -0.2) is 29.1 Å². The number of aromatic nitrogens is 1. The van der Waals surface area contributed by atoms with Crippen LogP contribution in [0.5, 0.6) is 0 Å². The minimum atomic E-state index is 0.448. The van der Waals surface area contributed by atoms with E-state index in [-0.39, 0.29) is 0 Å². The number of rotatable bonds is 4. The minimum Gasteiger partial charge on any atom is -0.312 e. The Kier molecular flexibility index (Phi) is 4.50. The van der Waals surface area contributed by atoms with Gasteiger partial charge in [-0.1, -0.05) is 13.8 Å². The summed E-state index contributed by atoms with van der Waals surface area (Å²) in [5.74, 6) is 2.57. The van der Waals surface area contributed by atoms with E-state index in [4.69, 9.17) is 0 Å². The van der Waals surface area contributed by atoms with Gasteiger partial charge in [-0.25, -0.2) is 4.98 Å². The number of nitrogens with one attached hydrogen (secondary N) is 1. The van der Waals surface area contributed by atoms with Gasteiger partial charge >= 0.3 is 0 Å². The number of aryl methyl sites for hydroxylation is 1. The van der Waals surface area contributed by atoms with Crippen LogP contribution in [0.2, 0.25) is 0 Å². The van der Waals surface area contributed by atoms with Crippen LogP contribution in [-0.2, 0) is 6.42 Å². The molecular formula is C13H22N2S2. The molecule has 1 aliphatic rings. The van der Waals surface area contributed by atoms with Crippen molar-refractivity contribution in [3.63, 3.8) is 0 Å². The SMILES string of the molecule is Cc1csc(CCNC2CSCCC2(C)C)n1. The lowest BCUT2D eigenvalue weighted by molar-refractivity contribution is 0.247. The van der Waals surface area contributed by atoms with Gasteiger partial charge in [0.05, 0.1) is 5.01 Å². The molecule has 1 aliphatic heterocycles. The summed E-state index contributed by atoms with van der Waals surface area (Å²) in [4.78, 5) is 4.50. The summed E-state index contributed by atoms with van der Waals surface area (Å²) >= 11 is 3.86. The Bertz CT molecular complexity index is 360. The van der Waals surface area contributed by atoms with Gasteiger partial charge in [-0.3, -0.25) is 0 Å². The molecular weight excluding hydrogens is 248 g/mol. The zero-order valence-electron chi connectivity index (χ0n) is 11.0. The van der Waals surface area contributed by atoms with Crippen LogP contribution in [0.25, 0.3) is 0 Å². The lowest BCUT2D eigenvalue weighted by atomic mass is 9.82. The van der Waals surface area contributed by atoms with E-state index in [1.165, 1.54) is 22.9 Å². The summed E-state index contributed by atoms with van der Waals surface area (Å²) in [5.41, 5.74) is 1.60. The van der Waals surface area contributed by atoms with E-state index >= 15 is 0 Å². The maximum absolute atomic E-state index is 4.50. The Morgan fingerprint density at radius 3 is 3.00 bits per heavy atom. The Labute approximate surface area is 113 Å². The van der Waals surface area contributed by atoms with Crippen molar-refractivity contribution in [2.24, 2.45) is 5.41 Å². The van der Waals surface area contributed by atoms with Crippen molar-refractivity contribution in [2.45, 2.75) is 39.7 Å². The highest BCUT2D eigenvalue weighted by molar-refractivity contribution is 7.99. The molecule has 1 unspecified atom stereocenters. The maximum atomic E-state index is 4.50. The van der Waals surface area contributed by atoms with E-state index < -0.39 is 0 Å². The molecule has 1 aromatic heterocycles. The molecule has 0 spiro atoms. The van der Waals surface area contributed by atoms with E-state index in [9.17, 15) is 0 Å². The summed E-state index contributed by atoms with van der Waals surface area (Å²) in [7, 11) is 0. The Hall–Kier alpha value is -0.0600. The van der Waals surface area contributed by atoms with Crippen molar-refractivity contribution >= 4 is 23.1 Å². The lowest BCUT2D eigenvalue weighted by Gasteiger charge is -2.38. The summed E-state index contributed by atoms with van der Waals surface area (Å²) in [5, 5.41) is 7.11. The molecule has 0 bridgehead atoms. The van der Waals surface area contributed by atoms with Crippen LogP contribution >= 0.6 is 23.1 Å². The third-order valence-electron chi connectivity index (χ3n) is 3.51. The van der Waals surface area contributed by atoms with Gasteiger partial charge in [0.25, 0.3) is 0 Å². The van der Waals surface area contributed by atoms with Crippen LogP contribution < -0.4 is 5.32 Å². The highest BCUT2D eigenvalue weighted by Crippen LogP contribution is 2.34. The summed E-state index contributed by atoms with van der Waals surface area (Å²) in [6.07, 6.45) is 2.39. The highest BCUT2D eigenvalue weighted by Gasteiger charge is 2.31. The van der Waals surface area contributed by atoms with Gasteiger partial charge in [0, 0.05) is 35.8 Å². The van der Waals surface area contributed by atoms with Crippen LogP contribution in [0.3, 0.4) is 0 Å². The fourth-order valence-corrected chi connectivity index (χ4v) is 4.56. The number of nitrogens with zero attached hydrogens (tertiary/aromatic N) is 1. The van der Waals surface area contributed by atoms with E-state index in [0.717, 1.165) is 18.7 Å². The molecule has 1 saturated heterocycles. The van der Waals surface area contributed by atoms with Crippen molar-refractivity contribution in [1.29, 1.82) is 0 Å². The predicted octanol–water partition coefficient (Wildman–Crippen LogP) is 3.12. The number of thioether (sulfide) groups is 1. The molecule has 0 aliphatic carbocycles. The van der Waals surface area contributed by atoms with Gasteiger partial charge in [-0.15, -0.1) is 11.3 Å². The smallest absolute Gasteiger partial charge is 0.0940 e. The van der Waals surface area contributed by atoms with E-state index in [2.05, 4.69) is 48.2 Å². The number of hydrogen-bond donors (Lipinski definition) is 1. The normalized spacial score (nSPS) is 23.8. The molecule has 1 aromatic rings. The van der Waals surface area contributed by atoms with Gasteiger partial charge in [0.2, 0.25) is 0 Å². The first-order valence-electron chi connectivity index (χ1n) is 6.30. The van der Waals surface area contributed by atoms with Gasteiger partial charge in [-0.2, -0.15) is 11.8 Å². The molecule has 96 valence electrons. The first kappa shape index (κ1) is 13.4. The van der Waals surface area contributed by atoms with Crippen molar-refractivity contribution in [2.75, 3.05) is 18.1 Å². The Morgan fingerprint density at radius 2 is 2.35 bits per heavy atom. The molecule has 0 radical (unpaired) electrons. The van der Waals surface area contributed by atoms with Crippen molar-refractivity contribution in [1.82, 2.24) is 10.3 Å². The van der Waals surface area contributed by atoms with Crippen LogP contribution in [0, 0.1) is 12.3 Å². The summed E-state index contributed by atoms with van der Waals surface area (Å²) in [6.45, 7) is 7.89. The average molecular weight is 270 g/mol. The van der Waals surface area contributed by atoms with Crippen LogP contribution in [0.1, 0.15) is 31.0 Å². The summed E-state index contributed by atoms with van der Waals surface area (Å²) < 4.78 is 0. The summed E-state index contributed by atoms with van der Waals surface area (Å²) in [6, 6.07) is 0.655. The predicted molar refractivity (Wildman–Crippen MR) is 78.1 cm³/mol. The fraction of sp³-hybridized carbons (Fsp3) is 0.769. The van der Waals surface area contributed by atoms with Gasteiger partial charge in [0.1, 0.15) is 0 Å². The van der Waals surface area contributed by atoms with Crippen molar-refractivity contribution in [3.05, 3.63) is 16.1 Å². The molecule has 17 heavy (non-hydrogen) atoms. The zero-order chi connectivity index (χ0) is 12.3. The third kappa shape index (κ3) is 3.70. The largest absolute Gasteiger partial charge is 0.312 e. The van der Waals surface area contributed by atoms with Crippen molar-refractivity contribution < 1.29 is 0 Å². The lowest BCUT2D eigenvalue weighted by Crippen LogP contribution is -2.47. The van der Waals surface area contributed by atoms with Gasteiger partial charge < -0.3 is 5.32 Å². The van der Waals surface area contributed by atoms with Gasteiger partial charge in [0.15, 0.2) is 0 Å². The quantitative estimate of drug-likeness (QED) is 0.910. The van der Waals surface area contributed by atoms with E-state index in [0.29, 0.717) is 11.5 Å². The highest BCUT2D eigenvalue weighted by atomic mass is 32.2. The maximum Gasteiger partial charge on any atom is 0.0940 e. The molecule has 2 nitrogen and oxygen atoms in total. The Morgan fingerprint density at radius 1 is 1.53 bits per heavy atom. The topological polar surface area (TPSA) is 24.9 Å². The standard InChI is InChI=1S/C13H22N2S2/c1-10-8-17-12(15-10)4-6-14-11-9-16-7-5-13(11,2)3/h8,11,14H,4-7,9H2,1-3H3. The molecule has 0 amide bonds. The molecule has 0 aromatic carbocycles. The fourth-order valence-electron chi connectivity index (χ4n) is 2.14. The molecule has 1 fully saturated rings.